The standard InChI is InChI=1S/C14H17F3N2O2/c15-14(16,17)21-12-4-2-1-3-10(12)8-19-13(20)9-5-6-11(18)7-9/h1-4,9,11H,5-8,18H2,(H,19,20). The Morgan fingerprint density at radius 2 is 2.05 bits per heavy atom. The third-order valence-electron chi connectivity index (χ3n) is 3.50. The summed E-state index contributed by atoms with van der Waals surface area (Å²) in [5.74, 6) is -0.631. The monoisotopic (exact) mass is 302 g/mol. The number of nitrogens with one attached hydrogen (secondary N) is 1. The lowest BCUT2D eigenvalue weighted by atomic mass is 10.1. The molecule has 2 atom stereocenters. The largest absolute Gasteiger partial charge is 0.573 e. The van der Waals surface area contributed by atoms with E-state index in [0.717, 1.165) is 6.42 Å². The molecular formula is C14H17F3N2O2. The molecule has 1 aromatic carbocycles. The third kappa shape index (κ3) is 4.63. The molecule has 2 rings (SSSR count). The van der Waals surface area contributed by atoms with Gasteiger partial charge in [0.1, 0.15) is 5.75 Å². The van der Waals surface area contributed by atoms with E-state index in [1.54, 1.807) is 6.07 Å². The normalized spacial score (nSPS) is 22.1. The minimum Gasteiger partial charge on any atom is -0.405 e. The summed E-state index contributed by atoms with van der Waals surface area (Å²) in [5.41, 5.74) is 6.02. The fourth-order valence-electron chi connectivity index (χ4n) is 2.46. The predicted octanol–water partition coefficient (Wildman–Crippen LogP) is 2.33. The van der Waals surface area contributed by atoms with Gasteiger partial charge in [0.05, 0.1) is 0 Å². The first-order valence-corrected chi connectivity index (χ1v) is 6.72. The van der Waals surface area contributed by atoms with Gasteiger partial charge < -0.3 is 15.8 Å². The van der Waals surface area contributed by atoms with Crippen molar-refractivity contribution in [1.82, 2.24) is 5.32 Å². The fourth-order valence-corrected chi connectivity index (χ4v) is 2.46. The number of ether oxygens (including phenoxy) is 1. The van der Waals surface area contributed by atoms with E-state index >= 15 is 0 Å². The summed E-state index contributed by atoms with van der Waals surface area (Å²) >= 11 is 0. The molecule has 1 aliphatic carbocycles. The van der Waals surface area contributed by atoms with Crippen LogP contribution < -0.4 is 15.8 Å². The van der Waals surface area contributed by atoms with Gasteiger partial charge in [-0.3, -0.25) is 4.79 Å². The van der Waals surface area contributed by atoms with Gasteiger partial charge in [-0.05, 0) is 25.3 Å². The number of alkyl halides is 3. The van der Waals surface area contributed by atoms with Crippen LogP contribution in [-0.4, -0.2) is 18.3 Å². The van der Waals surface area contributed by atoms with Crippen LogP contribution >= 0.6 is 0 Å². The second-order valence-corrected chi connectivity index (χ2v) is 5.14. The number of carbonyl (C=O) groups excluding carboxylic acids is 1. The van der Waals surface area contributed by atoms with Gasteiger partial charge in [-0.2, -0.15) is 0 Å². The molecule has 0 saturated heterocycles. The highest BCUT2D eigenvalue weighted by Crippen LogP contribution is 2.27. The van der Waals surface area contributed by atoms with E-state index < -0.39 is 6.36 Å². The van der Waals surface area contributed by atoms with Crippen LogP contribution in [0.15, 0.2) is 24.3 Å². The molecular weight excluding hydrogens is 285 g/mol. The van der Waals surface area contributed by atoms with Crippen molar-refractivity contribution in [3.05, 3.63) is 29.8 Å². The van der Waals surface area contributed by atoms with Crippen molar-refractivity contribution >= 4 is 5.91 Å². The molecule has 0 aromatic heterocycles. The molecule has 116 valence electrons. The molecule has 21 heavy (non-hydrogen) atoms. The maximum absolute atomic E-state index is 12.3. The second-order valence-electron chi connectivity index (χ2n) is 5.14. The summed E-state index contributed by atoms with van der Waals surface area (Å²) in [4.78, 5) is 11.9. The maximum atomic E-state index is 12.3. The first-order chi connectivity index (χ1) is 9.85. The van der Waals surface area contributed by atoms with Crippen molar-refractivity contribution in [3.8, 4) is 5.75 Å². The molecule has 1 saturated carbocycles. The molecule has 2 unspecified atom stereocenters. The quantitative estimate of drug-likeness (QED) is 0.897. The van der Waals surface area contributed by atoms with Crippen molar-refractivity contribution < 1.29 is 22.7 Å². The number of carbonyl (C=O) groups is 1. The molecule has 7 heteroatoms. The third-order valence-corrected chi connectivity index (χ3v) is 3.50. The number of amides is 1. The number of nitrogens with two attached hydrogens (primary N) is 1. The van der Waals surface area contributed by atoms with Gasteiger partial charge in [0.25, 0.3) is 0 Å². The molecule has 1 aromatic rings. The molecule has 1 amide bonds. The van der Waals surface area contributed by atoms with Gasteiger partial charge in [0.15, 0.2) is 0 Å². The van der Waals surface area contributed by atoms with Gasteiger partial charge in [-0.15, -0.1) is 13.2 Å². The highest BCUT2D eigenvalue weighted by molar-refractivity contribution is 5.79. The van der Waals surface area contributed by atoms with Crippen LogP contribution in [0.4, 0.5) is 13.2 Å². The van der Waals surface area contributed by atoms with Crippen LogP contribution in [0, 0.1) is 5.92 Å². The van der Waals surface area contributed by atoms with E-state index in [0.29, 0.717) is 12.8 Å². The molecule has 0 heterocycles. The lowest BCUT2D eigenvalue weighted by Gasteiger charge is -2.15. The van der Waals surface area contributed by atoms with Gasteiger partial charge in [0, 0.05) is 24.1 Å². The number of rotatable bonds is 4. The lowest BCUT2D eigenvalue weighted by molar-refractivity contribution is -0.274. The molecule has 1 aliphatic rings. The van der Waals surface area contributed by atoms with E-state index in [1.165, 1.54) is 18.2 Å². The summed E-state index contributed by atoms with van der Waals surface area (Å²) in [6, 6.07) is 5.78. The number of hydrogen-bond donors (Lipinski definition) is 2. The summed E-state index contributed by atoms with van der Waals surface area (Å²) in [6.45, 7) is -0.00315. The molecule has 0 bridgehead atoms. The number of para-hydroxylation sites is 1. The van der Waals surface area contributed by atoms with Gasteiger partial charge in [-0.1, -0.05) is 18.2 Å². The first-order valence-electron chi connectivity index (χ1n) is 6.72. The summed E-state index contributed by atoms with van der Waals surface area (Å²) < 4.78 is 40.8. The van der Waals surface area contributed by atoms with Crippen molar-refractivity contribution in [2.75, 3.05) is 0 Å². The first kappa shape index (κ1) is 15.6. The molecule has 1 fully saturated rings. The Morgan fingerprint density at radius 1 is 1.33 bits per heavy atom. The lowest BCUT2D eigenvalue weighted by Crippen LogP contribution is -2.30. The molecule has 0 aliphatic heterocycles. The van der Waals surface area contributed by atoms with E-state index in [2.05, 4.69) is 10.1 Å². The fraction of sp³-hybridized carbons (Fsp3) is 0.500. The van der Waals surface area contributed by atoms with Gasteiger partial charge in [-0.25, -0.2) is 0 Å². The Balaban J connectivity index is 1.95. The van der Waals surface area contributed by atoms with E-state index in [9.17, 15) is 18.0 Å². The Bertz CT molecular complexity index is 505. The molecule has 0 radical (unpaired) electrons. The smallest absolute Gasteiger partial charge is 0.405 e. The zero-order valence-corrected chi connectivity index (χ0v) is 11.3. The van der Waals surface area contributed by atoms with Gasteiger partial charge >= 0.3 is 6.36 Å². The number of halogens is 3. The SMILES string of the molecule is NC1CCC(C(=O)NCc2ccccc2OC(F)(F)F)C1. The van der Waals surface area contributed by atoms with Crippen molar-refractivity contribution in [1.29, 1.82) is 0 Å². The average molecular weight is 302 g/mol. The van der Waals surface area contributed by atoms with Gasteiger partial charge in [0.2, 0.25) is 5.91 Å². The number of benzene rings is 1. The van der Waals surface area contributed by atoms with Crippen molar-refractivity contribution in [2.24, 2.45) is 11.7 Å². The Labute approximate surface area is 120 Å². The van der Waals surface area contributed by atoms with E-state index in [1.807, 2.05) is 0 Å². The summed E-state index contributed by atoms with van der Waals surface area (Å²) in [7, 11) is 0. The highest BCUT2D eigenvalue weighted by atomic mass is 19.4. The Hall–Kier alpha value is -1.76. The minimum absolute atomic E-state index is 0.00315. The van der Waals surface area contributed by atoms with Crippen LogP contribution in [0.3, 0.4) is 0 Å². The summed E-state index contributed by atoms with van der Waals surface area (Å²) in [5, 5.41) is 2.65. The summed E-state index contributed by atoms with van der Waals surface area (Å²) in [6.07, 6.45) is -2.62. The van der Waals surface area contributed by atoms with Crippen LogP contribution in [0.5, 0.6) is 5.75 Å². The minimum atomic E-state index is -4.75. The highest BCUT2D eigenvalue weighted by Gasteiger charge is 2.32. The predicted molar refractivity (Wildman–Crippen MR) is 70.3 cm³/mol. The van der Waals surface area contributed by atoms with E-state index in [4.69, 9.17) is 5.73 Å². The van der Waals surface area contributed by atoms with Crippen LogP contribution in [0.25, 0.3) is 0 Å². The zero-order chi connectivity index (χ0) is 15.5. The van der Waals surface area contributed by atoms with Crippen LogP contribution in [0.1, 0.15) is 24.8 Å². The van der Waals surface area contributed by atoms with Crippen LogP contribution in [0.2, 0.25) is 0 Å². The Morgan fingerprint density at radius 3 is 2.67 bits per heavy atom. The Kier molecular flexibility index (Phi) is 4.72. The molecule has 4 nitrogen and oxygen atoms in total. The second kappa shape index (κ2) is 6.34. The van der Waals surface area contributed by atoms with Crippen molar-refractivity contribution in [2.45, 2.75) is 38.2 Å². The average Bonchev–Trinajstić information content (AvgIpc) is 2.82. The maximum Gasteiger partial charge on any atom is 0.573 e. The molecule has 3 N–H and O–H groups in total. The molecule has 0 spiro atoms. The van der Waals surface area contributed by atoms with Crippen LogP contribution in [-0.2, 0) is 11.3 Å². The topological polar surface area (TPSA) is 64.4 Å². The van der Waals surface area contributed by atoms with Crippen molar-refractivity contribution in [3.63, 3.8) is 0 Å². The number of hydrogen-bond acceptors (Lipinski definition) is 3. The van der Waals surface area contributed by atoms with E-state index in [-0.39, 0.29) is 35.7 Å². The zero-order valence-electron chi connectivity index (χ0n) is 11.3.